The number of rotatable bonds is 14. The highest BCUT2D eigenvalue weighted by Crippen LogP contribution is 2.29. The van der Waals surface area contributed by atoms with Crippen LogP contribution in [0.1, 0.15) is 74.5 Å². The summed E-state index contributed by atoms with van der Waals surface area (Å²) in [7, 11) is 0. The molecule has 0 bridgehead atoms. The smallest absolute Gasteiger partial charge is 0.326 e. The average Bonchev–Trinajstić information content (AvgIpc) is 2.83. The molecule has 0 aliphatic carbocycles. The van der Waals surface area contributed by atoms with Crippen molar-refractivity contribution < 1.29 is 19.4 Å². The van der Waals surface area contributed by atoms with Crippen molar-refractivity contribution in [1.82, 2.24) is 15.3 Å². The highest BCUT2D eigenvalue weighted by molar-refractivity contribution is 5.98. The van der Waals surface area contributed by atoms with E-state index < -0.39 is 17.9 Å². The molecule has 1 atom stereocenters. The topological polar surface area (TPSA) is 171 Å². The molecular weight excluding hydrogens is 450 g/mol. The van der Waals surface area contributed by atoms with E-state index in [2.05, 4.69) is 15.3 Å². The van der Waals surface area contributed by atoms with Gasteiger partial charge in [0.1, 0.15) is 17.6 Å². The van der Waals surface area contributed by atoms with Crippen LogP contribution in [0.2, 0.25) is 0 Å². The number of nitrogens with zero attached hydrogens (tertiary/aromatic N) is 1. The van der Waals surface area contributed by atoms with Gasteiger partial charge in [-0.15, -0.1) is 0 Å². The van der Waals surface area contributed by atoms with Crippen LogP contribution in [0.3, 0.4) is 0 Å². The summed E-state index contributed by atoms with van der Waals surface area (Å²) in [6, 6.07) is 3.65. The Morgan fingerprint density at radius 2 is 1.97 bits per heavy atom. The lowest BCUT2D eigenvalue weighted by Crippen LogP contribution is -2.40. The number of carbonyl (C=O) groups is 2. The summed E-state index contributed by atoms with van der Waals surface area (Å²) in [6.45, 7) is 6.23. The van der Waals surface area contributed by atoms with Crippen molar-refractivity contribution in [1.29, 1.82) is 5.41 Å². The number of aryl methyl sites for hydroxylation is 1. The Morgan fingerprint density at radius 3 is 2.57 bits per heavy atom. The van der Waals surface area contributed by atoms with Crippen molar-refractivity contribution >= 4 is 17.7 Å². The molecule has 1 amide bonds. The number of aromatic amines is 1. The van der Waals surface area contributed by atoms with Crippen molar-refractivity contribution in [3.63, 3.8) is 0 Å². The van der Waals surface area contributed by atoms with Gasteiger partial charge >= 0.3 is 5.97 Å². The normalized spacial score (nSPS) is 11.6. The molecule has 1 aromatic heterocycles. The molecule has 0 spiro atoms. The lowest BCUT2D eigenvalue weighted by atomic mass is 10.0. The van der Waals surface area contributed by atoms with Crippen LogP contribution < -0.4 is 21.3 Å². The number of hydrogen-bond acceptors (Lipinski definition) is 6. The predicted octanol–water partition coefficient (Wildman–Crippen LogP) is 3.03. The molecule has 0 aliphatic heterocycles. The summed E-state index contributed by atoms with van der Waals surface area (Å²) >= 11 is 0. The number of benzene rings is 1. The fraction of sp³-hybridized carbons (Fsp3) is 0.480. The zero-order chi connectivity index (χ0) is 26.0. The minimum absolute atomic E-state index is 0.0451. The van der Waals surface area contributed by atoms with Gasteiger partial charge in [0.2, 0.25) is 0 Å². The van der Waals surface area contributed by atoms with Crippen molar-refractivity contribution in [3.05, 3.63) is 45.4 Å². The first-order chi connectivity index (χ1) is 16.7. The first-order valence-electron chi connectivity index (χ1n) is 12.0. The molecule has 1 unspecified atom stereocenters. The number of carbonyl (C=O) groups excluding carboxylic acids is 1. The number of carboxylic acids is 1. The van der Waals surface area contributed by atoms with Crippen LogP contribution in [0.5, 0.6) is 5.75 Å². The number of aliphatic carboxylic acids is 1. The number of amides is 1. The van der Waals surface area contributed by atoms with Crippen LogP contribution in [-0.4, -0.2) is 45.4 Å². The van der Waals surface area contributed by atoms with Crippen LogP contribution in [-0.2, 0) is 17.6 Å². The summed E-state index contributed by atoms with van der Waals surface area (Å²) in [4.78, 5) is 44.7. The number of hydrogen-bond donors (Lipinski definition) is 5. The van der Waals surface area contributed by atoms with Crippen molar-refractivity contribution in [2.75, 3.05) is 6.61 Å². The predicted molar refractivity (Wildman–Crippen MR) is 134 cm³/mol. The average molecular weight is 486 g/mol. The van der Waals surface area contributed by atoms with Gasteiger partial charge in [-0.2, -0.15) is 0 Å². The number of nitrogens with one attached hydrogen (secondary N) is 3. The SMILES string of the molecule is CCCOc1ccc(C(=O)NC(CCCCC(=N)N)C(=O)O)cc1-c1nc(CC)c(CC)c(=O)[nH]1. The van der Waals surface area contributed by atoms with Gasteiger partial charge in [0, 0.05) is 17.5 Å². The Bertz CT molecular complexity index is 1110. The zero-order valence-electron chi connectivity index (χ0n) is 20.6. The number of aromatic nitrogens is 2. The van der Waals surface area contributed by atoms with Crippen LogP contribution in [0.15, 0.2) is 23.0 Å². The van der Waals surface area contributed by atoms with Crippen LogP contribution >= 0.6 is 0 Å². The van der Waals surface area contributed by atoms with E-state index in [9.17, 15) is 19.5 Å². The molecule has 0 saturated heterocycles. The number of H-pyrrole nitrogens is 1. The molecule has 6 N–H and O–H groups in total. The molecule has 190 valence electrons. The fourth-order valence-corrected chi connectivity index (χ4v) is 3.69. The van der Waals surface area contributed by atoms with Gasteiger partial charge in [0.15, 0.2) is 0 Å². The summed E-state index contributed by atoms with van der Waals surface area (Å²) in [5.74, 6) is -0.891. The monoisotopic (exact) mass is 485 g/mol. The number of nitrogens with two attached hydrogens (primary N) is 1. The number of unbranched alkanes of at least 4 members (excludes halogenated alkanes) is 1. The van der Waals surface area contributed by atoms with Crippen LogP contribution in [0.4, 0.5) is 0 Å². The fourth-order valence-electron chi connectivity index (χ4n) is 3.69. The number of amidine groups is 1. The maximum absolute atomic E-state index is 12.9. The molecular formula is C25H35N5O5. The lowest BCUT2D eigenvalue weighted by Gasteiger charge is -2.16. The van der Waals surface area contributed by atoms with E-state index >= 15 is 0 Å². The molecule has 0 radical (unpaired) electrons. The lowest BCUT2D eigenvalue weighted by molar-refractivity contribution is -0.139. The highest BCUT2D eigenvalue weighted by atomic mass is 16.5. The van der Waals surface area contributed by atoms with Gasteiger partial charge in [-0.3, -0.25) is 15.0 Å². The standard InChI is InChI=1S/C25H35N5O5/c1-4-13-35-20-12-11-15(23(31)29-19(25(33)34)9-7-8-10-21(26)27)14-17(20)22-28-18(6-3)16(5-2)24(32)30-22/h11-12,14,19H,4-10,13H2,1-3H3,(H3,26,27)(H,29,31)(H,33,34)(H,28,30,32). The molecule has 35 heavy (non-hydrogen) atoms. The first-order valence-corrected chi connectivity index (χ1v) is 12.0. The molecule has 0 saturated carbocycles. The Balaban J connectivity index is 2.37. The highest BCUT2D eigenvalue weighted by Gasteiger charge is 2.22. The van der Waals surface area contributed by atoms with E-state index in [0.29, 0.717) is 67.1 Å². The largest absolute Gasteiger partial charge is 0.493 e. The van der Waals surface area contributed by atoms with Gasteiger partial charge < -0.3 is 25.9 Å². The van der Waals surface area contributed by atoms with Crippen molar-refractivity contribution in [2.24, 2.45) is 5.73 Å². The van der Waals surface area contributed by atoms with Gasteiger partial charge in [0.05, 0.1) is 23.7 Å². The summed E-state index contributed by atoms with van der Waals surface area (Å²) in [6.07, 6.45) is 3.56. The minimum atomic E-state index is -1.14. The van der Waals surface area contributed by atoms with Gasteiger partial charge in [-0.1, -0.05) is 27.2 Å². The van der Waals surface area contributed by atoms with Crippen molar-refractivity contribution in [2.45, 2.75) is 71.8 Å². The molecule has 0 aliphatic rings. The van der Waals surface area contributed by atoms with Gasteiger partial charge in [-0.05, 0) is 50.3 Å². The molecule has 2 rings (SSSR count). The molecule has 1 heterocycles. The maximum atomic E-state index is 12.9. The minimum Gasteiger partial charge on any atom is -0.493 e. The van der Waals surface area contributed by atoms with Crippen LogP contribution in [0, 0.1) is 5.41 Å². The second kappa shape index (κ2) is 13.3. The zero-order valence-corrected chi connectivity index (χ0v) is 20.6. The molecule has 2 aromatic rings. The Kier molecular flexibility index (Phi) is 10.4. The van der Waals surface area contributed by atoms with E-state index in [4.69, 9.17) is 15.9 Å². The van der Waals surface area contributed by atoms with Crippen LogP contribution in [0.25, 0.3) is 11.4 Å². The summed E-state index contributed by atoms with van der Waals surface area (Å²) in [5.41, 5.74) is 7.07. The second-order valence-electron chi connectivity index (χ2n) is 8.24. The summed E-state index contributed by atoms with van der Waals surface area (Å²) in [5, 5.41) is 19.4. The van der Waals surface area contributed by atoms with E-state index in [1.165, 1.54) is 0 Å². The van der Waals surface area contributed by atoms with E-state index in [1.54, 1.807) is 18.2 Å². The Hall–Kier alpha value is -3.69. The van der Waals surface area contributed by atoms with E-state index in [0.717, 1.165) is 6.42 Å². The van der Waals surface area contributed by atoms with E-state index in [-0.39, 0.29) is 23.4 Å². The van der Waals surface area contributed by atoms with Crippen molar-refractivity contribution in [3.8, 4) is 17.1 Å². The molecule has 10 heteroatoms. The Labute approximate surface area is 204 Å². The third-order valence-electron chi connectivity index (χ3n) is 5.54. The van der Waals surface area contributed by atoms with Gasteiger partial charge in [0.25, 0.3) is 11.5 Å². The molecule has 0 fully saturated rings. The Morgan fingerprint density at radius 1 is 1.23 bits per heavy atom. The quantitative estimate of drug-likeness (QED) is 0.155. The second-order valence-corrected chi connectivity index (χ2v) is 8.24. The first kappa shape index (κ1) is 27.6. The van der Waals surface area contributed by atoms with E-state index in [1.807, 2.05) is 20.8 Å². The molecule has 10 nitrogen and oxygen atoms in total. The molecule has 1 aromatic carbocycles. The number of carboxylic acid groups (broad SMARTS) is 1. The van der Waals surface area contributed by atoms with Gasteiger partial charge in [-0.25, -0.2) is 9.78 Å². The number of ether oxygens (including phenoxy) is 1. The third kappa shape index (κ3) is 7.66. The third-order valence-corrected chi connectivity index (χ3v) is 5.54. The maximum Gasteiger partial charge on any atom is 0.326 e. The summed E-state index contributed by atoms with van der Waals surface area (Å²) < 4.78 is 5.83.